The van der Waals surface area contributed by atoms with E-state index in [0.29, 0.717) is 10.7 Å². The van der Waals surface area contributed by atoms with Crippen LogP contribution in [0.2, 0.25) is 0 Å². The van der Waals surface area contributed by atoms with Gasteiger partial charge in [-0.05, 0) is 29.5 Å². The predicted molar refractivity (Wildman–Crippen MR) is 52.1 cm³/mol. The van der Waals surface area contributed by atoms with Crippen molar-refractivity contribution in [2.45, 2.75) is 0 Å². The van der Waals surface area contributed by atoms with Crippen molar-refractivity contribution in [1.82, 2.24) is 14.8 Å². The van der Waals surface area contributed by atoms with Crippen LogP contribution < -0.4 is 5.32 Å². The third-order valence-corrected chi connectivity index (χ3v) is 2.14. The van der Waals surface area contributed by atoms with Crippen molar-refractivity contribution in [2.24, 2.45) is 0 Å². The van der Waals surface area contributed by atoms with Crippen LogP contribution in [0, 0.1) is 5.82 Å². The van der Waals surface area contributed by atoms with Crippen LogP contribution in [0.15, 0.2) is 24.3 Å². The quantitative estimate of drug-likeness (QED) is 0.835. The topological polar surface area (TPSA) is 67.8 Å². The third kappa shape index (κ3) is 2.32. The van der Waals surface area contributed by atoms with E-state index in [0.717, 1.165) is 11.5 Å². The molecule has 1 heterocycles. The smallest absolute Gasteiger partial charge is 0.257 e. The molecule has 1 N–H and O–H groups in total. The first-order valence-electron chi connectivity index (χ1n) is 3.97. The highest BCUT2D eigenvalue weighted by Gasteiger charge is 2.07. The van der Waals surface area contributed by atoms with Crippen LogP contribution >= 0.6 is 11.5 Å². The summed E-state index contributed by atoms with van der Waals surface area (Å²) in [7, 11) is 0. The molecule has 2 rings (SSSR count). The number of hydrogen-bond donors (Lipinski definition) is 1. The van der Waals surface area contributed by atoms with Crippen LogP contribution in [0.1, 0.15) is 10.4 Å². The van der Waals surface area contributed by atoms with E-state index in [1.165, 1.54) is 24.3 Å². The van der Waals surface area contributed by atoms with E-state index < -0.39 is 0 Å². The van der Waals surface area contributed by atoms with Gasteiger partial charge in [-0.2, -0.15) is 0 Å². The number of aromatic nitrogens is 3. The molecule has 15 heavy (non-hydrogen) atoms. The predicted octanol–water partition coefficient (Wildman–Crippen LogP) is 1.32. The van der Waals surface area contributed by atoms with E-state index in [1.807, 2.05) is 0 Å². The van der Waals surface area contributed by atoms with E-state index in [2.05, 4.69) is 20.1 Å². The first-order chi connectivity index (χ1) is 7.25. The molecule has 0 spiro atoms. The highest BCUT2D eigenvalue weighted by molar-refractivity contribution is 7.09. The lowest BCUT2D eigenvalue weighted by Crippen LogP contribution is -2.11. The zero-order chi connectivity index (χ0) is 10.7. The van der Waals surface area contributed by atoms with Gasteiger partial charge in [0, 0.05) is 17.1 Å². The standard InChI is InChI=1S/C8H5FN4OS/c9-6-3-1-5(2-4-6)7(14)10-8-11-12-13-15-8/h1-4H,(H,10,11,13,14). The monoisotopic (exact) mass is 224 g/mol. The number of amides is 1. The lowest BCUT2D eigenvalue weighted by molar-refractivity contribution is 0.102. The van der Waals surface area contributed by atoms with Gasteiger partial charge in [-0.25, -0.2) is 4.39 Å². The molecule has 0 aliphatic carbocycles. The summed E-state index contributed by atoms with van der Waals surface area (Å²) >= 11 is 0.971. The number of rotatable bonds is 2. The SMILES string of the molecule is O=C(Nc1nnns1)c1ccc(F)cc1. The summed E-state index contributed by atoms with van der Waals surface area (Å²) in [6, 6.07) is 5.21. The van der Waals surface area contributed by atoms with Gasteiger partial charge in [-0.1, -0.05) is 9.59 Å². The minimum absolute atomic E-state index is 0.310. The Morgan fingerprint density at radius 1 is 1.33 bits per heavy atom. The molecule has 0 saturated carbocycles. The molecule has 0 atom stereocenters. The summed E-state index contributed by atoms with van der Waals surface area (Å²) in [5, 5.41) is 9.67. The van der Waals surface area contributed by atoms with Crippen molar-refractivity contribution in [3.05, 3.63) is 35.6 Å². The molecule has 1 aromatic heterocycles. The summed E-state index contributed by atoms with van der Waals surface area (Å²) in [6.45, 7) is 0. The van der Waals surface area contributed by atoms with Gasteiger partial charge in [0.25, 0.3) is 5.91 Å². The average Bonchev–Trinajstić information content (AvgIpc) is 2.71. The molecule has 0 aliphatic rings. The zero-order valence-electron chi connectivity index (χ0n) is 7.35. The van der Waals surface area contributed by atoms with E-state index in [-0.39, 0.29) is 11.7 Å². The van der Waals surface area contributed by atoms with E-state index in [9.17, 15) is 9.18 Å². The Balaban J connectivity index is 2.11. The van der Waals surface area contributed by atoms with Crippen LogP contribution in [-0.4, -0.2) is 20.7 Å². The van der Waals surface area contributed by atoms with Crippen LogP contribution in [0.3, 0.4) is 0 Å². The number of carbonyl (C=O) groups excluding carboxylic acids is 1. The Morgan fingerprint density at radius 3 is 2.67 bits per heavy atom. The maximum absolute atomic E-state index is 12.6. The zero-order valence-corrected chi connectivity index (χ0v) is 8.16. The van der Waals surface area contributed by atoms with E-state index >= 15 is 0 Å². The summed E-state index contributed by atoms with van der Waals surface area (Å²) in [6.07, 6.45) is 0. The maximum atomic E-state index is 12.6. The molecule has 0 radical (unpaired) electrons. The second-order valence-electron chi connectivity index (χ2n) is 2.63. The highest BCUT2D eigenvalue weighted by atomic mass is 32.1. The molecule has 2 aromatic rings. The van der Waals surface area contributed by atoms with Crippen LogP contribution in [0.5, 0.6) is 0 Å². The Hall–Kier alpha value is -1.89. The molecule has 1 aromatic carbocycles. The summed E-state index contributed by atoms with van der Waals surface area (Å²) in [4.78, 5) is 11.5. The Bertz CT molecular complexity index is 456. The largest absolute Gasteiger partial charge is 0.295 e. The molecule has 76 valence electrons. The van der Waals surface area contributed by atoms with Crippen molar-refractivity contribution in [1.29, 1.82) is 0 Å². The van der Waals surface area contributed by atoms with E-state index in [1.54, 1.807) is 0 Å². The summed E-state index contributed by atoms with van der Waals surface area (Å²) < 4.78 is 16.1. The molecule has 0 bridgehead atoms. The molecule has 0 fully saturated rings. The fourth-order valence-corrected chi connectivity index (χ4v) is 1.31. The van der Waals surface area contributed by atoms with Gasteiger partial charge >= 0.3 is 0 Å². The fraction of sp³-hybridized carbons (Fsp3) is 0. The normalized spacial score (nSPS) is 9.93. The van der Waals surface area contributed by atoms with Gasteiger partial charge < -0.3 is 0 Å². The Labute approximate surface area is 88.1 Å². The summed E-state index contributed by atoms with van der Waals surface area (Å²) in [5.41, 5.74) is 0.353. The molecule has 0 saturated heterocycles. The van der Waals surface area contributed by atoms with Crippen molar-refractivity contribution in [3.63, 3.8) is 0 Å². The molecular weight excluding hydrogens is 219 g/mol. The van der Waals surface area contributed by atoms with Gasteiger partial charge in [-0.15, -0.1) is 0 Å². The molecular formula is C8H5FN4OS. The van der Waals surface area contributed by atoms with Crippen LogP contribution in [0.25, 0.3) is 0 Å². The second kappa shape index (κ2) is 4.09. The Morgan fingerprint density at radius 2 is 2.07 bits per heavy atom. The lowest BCUT2D eigenvalue weighted by atomic mass is 10.2. The molecule has 7 heteroatoms. The number of carbonyl (C=O) groups is 1. The fourth-order valence-electron chi connectivity index (χ4n) is 0.952. The van der Waals surface area contributed by atoms with E-state index in [4.69, 9.17) is 0 Å². The molecule has 1 amide bonds. The molecule has 0 aliphatic heterocycles. The minimum Gasteiger partial charge on any atom is -0.295 e. The second-order valence-corrected chi connectivity index (χ2v) is 3.36. The van der Waals surface area contributed by atoms with Crippen LogP contribution in [0.4, 0.5) is 9.52 Å². The van der Waals surface area contributed by atoms with Crippen molar-refractivity contribution >= 4 is 22.6 Å². The summed E-state index contributed by atoms with van der Waals surface area (Å²) in [5.74, 6) is -0.752. The number of halogens is 1. The van der Waals surface area contributed by atoms with Gasteiger partial charge in [0.2, 0.25) is 5.13 Å². The van der Waals surface area contributed by atoms with Crippen molar-refractivity contribution < 1.29 is 9.18 Å². The minimum atomic E-state index is -0.385. The number of anilines is 1. The number of benzene rings is 1. The molecule has 5 nitrogen and oxygen atoms in total. The Kier molecular flexibility index (Phi) is 2.64. The van der Waals surface area contributed by atoms with Gasteiger partial charge in [0.15, 0.2) is 0 Å². The van der Waals surface area contributed by atoms with Crippen LogP contribution in [-0.2, 0) is 0 Å². The first-order valence-corrected chi connectivity index (χ1v) is 4.75. The molecule has 0 unspecified atom stereocenters. The van der Waals surface area contributed by atoms with Gasteiger partial charge in [0.05, 0.1) is 0 Å². The maximum Gasteiger partial charge on any atom is 0.257 e. The number of nitrogens with one attached hydrogen (secondary N) is 1. The third-order valence-electron chi connectivity index (χ3n) is 1.63. The van der Waals surface area contributed by atoms with Crippen molar-refractivity contribution in [3.8, 4) is 0 Å². The number of hydrogen-bond acceptors (Lipinski definition) is 5. The van der Waals surface area contributed by atoms with Gasteiger partial charge in [0.1, 0.15) is 5.82 Å². The average molecular weight is 224 g/mol. The first kappa shape index (κ1) is 9.66. The lowest BCUT2D eigenvalue weighted by Gasteiger charge is -1.99. The number of nitrogens with zero attached hydrogens (tertiary/aromatic N) is 3. The van der Waals surface area contributed by atoms with Gasteiger partial charge in [-0.3, -0.25) is 10.1 Å². The van der Waals surface area contributed by atoms with Crippen molar-refractivity contribution in [2.75, 3.05) is 5.32 Å². The highest BCUT2D eigenvalue weighted by Crippen LogP contribution is 2.09.